The SMILES string of the molecule is C/C(C#N)=C(/N)C1CC1.CC(C)(C)[O-].CNc1nc(Cl)ncc1C(F)(F)F.CNc1nc(Cl)ncc1C(F)(F)F.CNc1nc(Nc2snc(C3CC3)c2C)ncc1C(F)(F)F.CNc1nc(Nc2snc(C3CC3)c2Cl)ncc1C(F)(F)F.Cc1c(C2CC2)nsc1N.N#C/C=C(\N)C1CC1.N#CC1CC1.Nc1cc(C2CC2)ns1.Nc1snc(C2CC2)c1Br.Nc1snc(C2CC2)c1Cl.[C-]#[N+]C.[C-]#[N+]CC.[K+]. The Hall–Kier alpha value is -8.97. The Morgan fingerprint density at radius 2 is 0.840 bits per heavy atom. The molecular formula is C88H107BrCl4F12KN31OS6. The van der Waals surface area contributed by atoms with Crippen molar-refractivity contribution in [1.82, 2.24) is 66.1 Å². The van der Waals surface area contributed by atoms with Crippen molar-refractivity contribution in [3.05, 3.63) is 169 Å². The summed E-state index contributed by atoms with van der Waals surface area (Å²) in [7, 11) is 6.83. The predicted octanol–water partition coefficient (Wildman–Crippen LogP) is 22.2. The van der Waals surface area contributed by atoms with Gasteiger partial charge in [-0.15, -0.1) is 5.60 Å². The van der Waals surface area contributed by atoms with E-state index in [-0.39, 0.29) is 97.1 Å². The van der Waals surface area contributed by atoms with E-state index >= 15 is 0 Å². The maximum Gasteiger partial charge on any atom is 1.00 e. The van der Waals surface area contributed by atoms with Gasteiger partial charge in [-0.3, -0.25) is 0 Å². The van der Waals surface area contributed by atoms with Crippen LogP contribution in [0, 0.1) is 78.7 Å². The van der Waals surface area contributed by atoms with Gasteiger partial charge < -0.3 is 81.1 Å². The summed E-state index contributed by atoms with van der Waals surface area (Å²) in [5.74, 6) is 4.17. The molecule has 0 aliphatic heterocycles. The molecule has 18 N–H and O–H groups in total. The maximum atomic E-state index is 12.8. The topological polar surface area (TPSA) is 512 Å². The summed E-state index contributed by atoms with van der Waals surface area (Å²) in [6.45, 7) is 25.0. The molecule has 0 atom stereocenters. The van der Waals surface area contributed by atoms with E-state index in [2.05, 4.69) is 137 Å². The molecule has 56 heteroatoms. The summed E-state index contributed by atoms with van der Waals surface area (Å²) < 4.78 is 177. The number of alkyl halides is 12. The van der Waals surface area contributed by atoms with Gasteiger partial charge in [-0.25, -0.2) is 43.0 Å². The molecule has 9 fully saturated rings. The van der Waals surface area contributed by atoms with Crippen molar-refractivity contribution >= 4 is 197 Å². The summed E-state index contributed by atoms with van der Waals surface area (Å²) in [6.07, 6.45) is 7.91. The van der Waals surface area contributed by atoms with Crippen molar-refractivity contribution in [2.75, 3.05) is 96.6 Å². The number of rotatable bonds is 16. The Bertz CT molecular complexity index is 5730. The molecule has 10 aromatic rings. The number of nitrogens with two attached hydrogens (primary N) is 6. The van der Waals surface area contributed by atoms with Crippen LogP contribution in [0.5, 0.6) is 0 Å². The third-order valence-electron chi connectivity index (χ3n) is 19.9. The number of nitrogen functional groups attached to an aromatic ring is 4. The first-order valence-electron chi connectivity index (χ1n) is 43.9. The molecule has 9 aliphatic rings. The van der Waals surface area contributed by atoms with E-state index in [1.54, 1.807) is 27.7 Å². The summed E-state index contributed by atoms with van der Waals surface area (Å²) in [5, 5.41) is 55.0. The Labute approximate surface area is 922 Å². The van der Waals surface area contributed by atoms with Gasteiger partial charge in [0.25, 0.3) is 0 Å². The summed E-state index contributed by atoms with van der Waals surface area (Å²) in [4.78, 5) is 34.2. The van der Waals surface area contributed by atoms with Gasteiger partial charge in [0.1, 0.15) is 75.5 Å². The minimum absolute atomic E-state index is 0. The summed E-state index contributed by atoms with van der Waals surface area (Å²) in [5.41, 5.74) is 39.9. The zero-order valence-corrected chi connectivity index (χ0v) is 93.0. The van der Waals surface area contributed by atoms with Crippen LogP contribution in [-0.2, 0) is 24.7 Å². The number of aromatic nitrogens is 14. The van der Waals surface area contributed by atoms with Gasteiger partial charge in [0.05, 0.1) is 66.9 Å². The number of hydrogen-bond acceptors (Lipinski definition) is 36. The first-order valence-corrected chi connectivity index (χ1v) is 50.8. The molecule has 9 aliphatic carbocycles. The van der Waals surface area contributed by atoms with E-state index in [1.165, 1.54) is 199 Å². The molecule has 10 aromatic heterocycles. The second kappa shape index (κ2) is 59.3. The zero-order valence-electron chi connectivity index (χ0n) is 80.3. The molecule has 9 saturated carbocycles. The molecule has 0 saturated heterocycles. The number of anilines is 12. The molecule has 0 bridgehead atoms. The first-order chi connectivity index (χ1) is 67.3. The van der Waals surface area contributed by atoms with E-state index in [0.29, 0.717) is 86.0 Å². The van der Waals surface area contributed by atoms with Crippen molar-refractivity contribution in [1.29, 1.82) is 15.8 Å². The Morgan fingerprint density at radius 3 is 1.15 bits per heavy atom. The molecule has 19 rings (SSSR count). The molecular weight excluding hydrogens is 2190 g/mol. The standard InChI is InChI=1S/C13H14F3N5S.C12H11ClF3N5S.C7H10N2S.C7H10N2.C6H7BrN2S.2C6H5ClF3N3.C6H7ClN2S.C6H8N2S.C6H8N2.C4H5N.C4H9O.C3H5N.C2H3N.K/c1-6-9(7-3-4-7)21-22-11(6)20-12-18-5-8(13(14,15)16)10(17-2)19-12;1-17-9-6(12(14,15)16)4-18-11(19-9)20-10-7(13)8(21-22-10)5-2-3-5;1-4-6(5-2-3-5)9-10-7(4)8;1-5(4-8)7(9)6-2-3-6;7-4-5(3-1-2-3)9-10-6(4)8;2*1-11-4-3(6(8,9)10)2-12-5(7)13-4;7-4-5(3-1-2-3)9-10-6(4)8;7-6-3-5(8-9-6)4-1-2-4;7-4-3-6(8)5-1-2-5;5-3-4-1-2-4;1-4(2,3)5;1-3-4-2;1-3-2;/h5,7H,3-4H2,1-2H3,(H2,17,18,19,20);4-5H,2-3H2,1H3,(H2,17,18,19,20);5H,2-3,8H2,1H3;6H,2-3,9H2,1H3;3H,1-2,8H2;2*2H,1H3,(H,11,12,13);3H,1-2,8H2;3-4H,1-2,7H2;3,5H,1-2,8H2;4H,1-2H2;1-3H3;3H2,1H3;1H3;/q;;;;;;;;;;;-1;;;+1/b;;;7-5-;;;;;;6-3-;;;;;. The molecule has 776 valence electrons. The first kappa shape index (κ1) is 125. The average molecular weight is 2300 g/mol. The Balaban J connectivity index is 0.000000281. The fraction of sp³-hybridized carbons (Fsp3) is 0.511. The number of allylic oxidation sites excluding steroid dienone is 4. The largest absolute Gasteiger partial charge is 1.00 e. The van der Waals surface area contributed by atoms with Crippen LogP contribution < -0.4 is 123 Å². The van der Waals surface area contributed by atoms with Crippen LogP contribution in [-0.4, -0.2) is 113 Å². The number of nitrogens with zero attached hydrogens (tertiary/aromatic N) is 19. The monoisotopic (exact) mass is 2290 g/mol. The molecule has 0 radical (unpaired) electrons. The van der Waals surface area contributed by atoms with Gasteiger partial charge in [0, 0.05) is 135 Å². The molecule has 0 unspecified atom stereocenters. The molecule has 0 amide bonds. The minimum atomic E-state index is -4.52. The molecule has 0 aromatic carbocycles. The maximum absolute atomic E-state index is 12.8. The minimum Gasteiger partial charge on any atom is -0.850 e. The van der Waals surface area contributed by atoms with Crippen molar-refractivity contribution in [3.63, 3.8) is 0 Å². The van der Waals surface area contributed by atoms with Crippen LogP contribution >= 0.6 is 132 Å². The quantitative estimate of drug-likeness (QED) is 0.0140. The second-order valence-electron chi connectivity index (χ2n) is 33.3. The van der Waals surface area contributed by atoms with Crippen LogP contribution in [0.3, 0.4) is 0 Å². The van der Waals surface area contributed by atoms with Crippen LogP contribution in [0.25, 0.3) is 9.69 Å². The number of nitriles is 3. The third-order valence-corrected chi connectivity index (χ3v) is 26.8. The van der Waals surface area contributed by atoms with Gasteiger partial charge in [-0.1, -0.05) is 44.0 Å². The van der Waals surface area contributed by atoms with Crippen molar-refractivity contribution in [2.45, 2.75) is 230 Å². The van der Waals surface area contributed by atoms with Crippen LogP contribution in [0.4, 0.5) is 118 Å². The zero-order chi connectivity index (χ0) is 107. The van der Waals surface area contributed by atoms with Gasteiger partial charge in [0.2, 0.25) is 36.1 Å². The van der Waals surface area contributed by atoms with Gasteiger partial charge in [0.15, 0.2) is 0 Å². The molecule has 10 heterocycles. The molecule has 0 spiro atoms. The third kappa shape index (κ3) is 44.6. The van der Waals surface area contributed by atoms with E-state index in [0.717, 1.165) is 133 Å². The van der Waals surface area contributed by atoms with Gasteiger partial charge in [-0.05, 0) is 263 Å². The fourth-order valence-corrected chi connectivity index (χ4v) is 16.9. The molecule has 32 nitrogen and oxygen atoms in total. The number of halogens is 17. The van der Waals surface area contributed by atoms with Crippen LogP contribution in [0.1, 0.15) is 253 Å². The average Bonchev–Trinajstić information content (AvgIpc) is 1.69. The van der Waals surface area contributed by atoms with Crippen molar-refractivity contribution in [3.8, 4) is 18.2 Å². The fourth-order valence-electron chi connectivity index (χ4n) is 11.0. The van der Waals surface area contributed by atoms with Gasteiger partial charge in [-0.2, -0.15) is 105 Å². The van der Waals surface area contributed by atoms with E-state index in [4.69, 9.17) is 110 Å². The predicted molar refractivity (Wildman–Crippen MR) is 546 cm³/mol. The Kier molecular flexibility index (Phi) is 51.7. The van der Waals surface area contributed by atoms with E-state index in [1.807, 2.05) is 32.1 Å². The van der Waals surface area contributed by atoms with Gasteiger partial charge >= 0.3 is 76.1 Å². The number of hydrogen-bond donors (Lipinski definition) is 12. The second-order valence-corrected chi connectivity index (χ2v) is 40.3. The van der Waals surface area contributed by atoms with Crippen molar-refractivity contribution < 1.29 is 109 Å². The van der Waals surface area contributed by atoms with E-state index < -0.39 is 52.6 Å². The summed E-state index contributed by atoms with van der Waals surface area (Å²) in [6, 6.07) is 8.07. The smallest absolute Gasteiger partial charge is 0.850 e. The molecule has 144 heavy (non-hydrogen) atoms. The number of nitrogens with one attached hydrogen (secondary N) is 6. The van der Waals surface area contributed by atoms with E-state index in [9.17, 15) is 57.8 Å². The summed E-state index contributed by atoms with van der Waals surface area (Å²) >= 11 is 34.1. The van der Waals surface area contributed by atoms with Crippen molar-refractivity contribution in [2.24, 2.45) is 29.2 Å². The van der Waals surface area contributed by atoms with Crippen LogP contribution in [0.15, 0.2) is 58.4 Å². The normalized spacial score (nSPS) is 15.2. The Morgan fingerprint density at radius 1 is 0.500 bits per heavy atom. The van der Waals surface area contributed by atoms with Crippen LogP contribution in [0.2, 0.25) is 20.6 Å².